The number of benzene rings is 3. The van der Waals surface area contributed by atoms with Crippen LogP contribution in [0.3, 0.4) is 0 Å². The molecule has 0 aliphatic carbocycles. The van der Waals surface area contributed by atoms with Crippen molar-refractivity contribution < 1.29 is 19.4 Å². The Balaban J connectivity index is 1.27. The third-order valence-corrected chi connectivity index (χ3v) is 6.77. The molecule has 1 fully saturated rings. The Kier molecular flexibility index (Phi) is 7.67. The van der Waals surface area contributed by atoms with Crippen LogP contribution in [0.1, 0.15) is 21.7 Å². The van der Waals surface area contributed by atoms with Crippen LogP contribution >= 0.6 is 0 Å². The second kappa shape index (κ2) is 11.5. The molecule has 0 atom stereocenters. The summed E-state index contributed by atoms with van der Waals surface area (Å²) in [7, 11) is 1.67. The smallest absolute Gasteiger partial charge is 0.335 e. The van der Waals surface area contributed by atoms with Crippen molar-refractivity contribution in [2.45, 2.75) is 19.7 Å². The number of hydrogen-bond acceptors (Lipinski definition) is 6. The normalized spacial score (nSPS) is 14.2. The zero-order valence-corrected chi connectivity index (χ0v) is 21.0. The van der Waals surface area contributed by atoms with Crippen LogP contribution in [0.15, 0.2) is 72.8 Å². The van der Waals surface area contributed by atoms with Gasteiger partial charge in [0.15, 0.2) is 0 Å². The first-order valence-corrected chi connectivity index (χ1v) is 12.6. The molecule has 0 saturated carbocycles. The molecule has 37 heavy (non-hydrogen) atoms. The molecule has 192 valence electrons. The zero-order valence-electron chi connectivity index (χ0n) is 21.0. The molecule has 1 aliphatic rings. The van der Waals surface area contributed by atoms with Crippen molar-refractivity contribution in [1.82, 2.24) is 14.5 Å². The van der Waals surface area contributed by atoms with Crippen molar-refractivity contribution in [3.8, 4) is 5.75 Å². The van der Waals surface area contributed by atoms with Gasteiger partial charge < -0.3 is 24.0 Å². The number of rotatable bonds is 10. The molecule has 1 N–H and O–H groups in total. The summed E-state index contributed by atoms with van der Waals surface area (Å²) in [6.45, 7) is 5.93. The van der Waals surface area contributed by atoms with E-state index in [9.17, 15) is 9.90 Å². The number of nitrogens with zero attached hydrogens (tertiary/aromatic N) is 4. The molecule has 5 rings (SSSR count). The van der Waals surface area contributed by atoms with E-state index in [2.05, 4.69) is 38.6 Å². The molecule has 3 aromatic carbocycles. The molecule has 0 amide bonds. The summed E-state index contributed by atoms with van der Waals surface area (Å²) in [5.74, 6) is 0.886. The topological polar surface area (TPSA) is 80.1 Å². The number of carboxylic acids is 1. The number of aromatic nitrogens is 2. The average molecular weight is 501 g/mol. The van der Waals surface area contributed by atoms with E-state index in [1.807, 2.05) is 30.3 Å². The van der Waals surface area contributed by atoms with Gasteiger partial charge in [0.05, 0.1) is 35.4 Å². The Morgan fingerprint density at radius 3 is 2.49 bits per heavy atom. The van der Waals surface area contributed by atoms with E-state index < -0.39 is 5.97 Å². The number of carbonyl (C=O) groups is 1. The minimum Gasteiger partial charge on any atom is -0.487 e. The SMILES string of the molecule is COCCn1c(CN2CCN(c3ccccc3OCc3ccccc3)CC2)nc2ccc(C(=O)O)cc21. The number of piperazine rings is 1. The summed E-state index contributed by atoms with van der Waals surface area (Å²) >= 11 is 0. The predicted molar refractivity (Wildman–Crippen MR) is 143 cm³/mol. The molecule has 1 aliphatic heterocycles. The van der Waals surface area contributed by atoms with E-state index in [4.69, 9.17) is 14.5 Å². The molecule has 1 aromatic heterocycles. The van der Waals surface area contributed by atoms with E-state index in [1.165, 1.54) is 0 Å². The van der Waals surface area contributed by atoms with Crippen molar-refractivity contribution in [3.63, 3.8) is 0 Å². The number of ether oxygens (including phenoxy) is 2. The Morgan fingerprint density at radius 2 is 1.73 bits per heavy atom. The van der Waals surface area contributed by atoms with Gasteiger partial charge in [0.1, 0.15) is 18.2 Å². The van der Waals surface area contributed by atoms with Gasteiger partial charge in [-0.2, -0.15) is 0 Å². The van der Waals surface area contributed by atoms with E-state index in [0.29, 0.717) is 26.3 Å². The average Bonchev–Trinajstić information content (AvgIpc) is 3.27. The lowest BCUT2D eigenvalue weighted by molar-refractivity contribution is 0.0697. The molecule has 1 saturated heterocycles. The summed E-state index contributed by atoms with van der Waals surface area (Å²) in [6, 6.07) is 23.5. The maximum Gasteiger partial charge on any atom is 0.335 e. The van der Waals surface area contributed by atoms with Crippen LogP contribution in [0.25, 0.3) is 11.0 Å². The molecule has 0 bridgehead atoms. The first kappa shape index (κ1) is 24.8. The maximum absolute atomic E-state index is 11.5. The van der Waals surface area contributed by atoms with E-state index >= 15 is 0 Å². The largest absolute Gasteiger partial charge is 0.487 e. The van der Waals surface area contributed by atoms with Crippen LogP contribution in [0.2, 0.25) is 0 Å². The molecule has 0 spiro atoms. The van der Waals surface area contributed by atoms with Crippen LogP contribution in [0.5, 0.6) is 5.75 Å². The van der Waals surface area contributed by atoms with Crippen LogP contribution in [-0.2, 0) is 24.4 Å². The van der Waals surface area contributed by atoms with Crippen molar-refractivity contribution in [2.75, 3.05) is 44.8 Å². The number of hydrogen-bond donors (Lipinski definition) is 1. The summed E-state index contributed by atoms with van der Waals surface area (Å²) < 4.78 is 13.6. The zero-order chi connectivity index (χ0) is 25.6. The first-order valence-electron chi connectivity index (χ1n) is 12.6. The second-order valence-corrected chi connectivity index (χ2v) is 9.19. The summed E-state index contributed by atoms with van der Waals surface area (Å²) in [4.78, 5) is 21.1. The Bertz CT molecular complexity index is 1350. The van der Waals surface area contributed by atoms with Crippen molar-refractivity contribution in [1.29, 1.82) is 0 Å². The maximum atomic E-state index is 11.5. The molecule has 8 heteroatoms. The van der Waals surface area contributed by atoms with Crippen molar-refractivity contribution >= 4 is 22.7 Å². The fourth-order valence-electron chi connectivity index (χ4n) is 4.78. The molecule has 8 nitrogen and oxygen atoms in total. The van der Waals surface area contributed by atoms with Crippen molar-refractivity contribution in [2.24, 2.45) is 0 Å². The molecule has 0 radical (unpaired) electrons. The Labute approximate surface area is 216 Å². The molecule has 2 heterocycles. The van der Waals surface area contributed by atoms with Gasteiger partial charge in [0, 0.05) is 39.8 Å². The lowest BCUT2D eigenvalue weighted by atomic mass is 10.2. The van der Waals surface area contributed by atoms with Gasteiger partial charge in [0.2, 0.25) is 0 Å². The highest BCUT2D eigenvalue weighted by molar-refractivity contribution is 5.92. The van der Waals surface area contributed by atoms with Gasteiger partial charge in [-0.3, -0.25) is 4.90 Å². The Morgan fingerprint density at radius 1 is 0.973 bits per heavy atom. The number of fused-ring (bicyclic) bond motifs is 1. The number of carboxylic acid groups (broad SMARTS) is 1. The second-order valence-electron chi connectivity index (χ2n) is 9.19. The lowest BCUT2D eigenvalue weighted by Crippen LogP contribution is -2.46. The standard InChI is InChI=1S/C29H32N4O4/c1-36-18-17-33-26-19-23(29(34)35)11-12-24(26)30-28(33)20-31-13-15-32(16-14-31)25-9-5-6-10-27(25)37-21-22-7-3-2-4-8-22/h2-12,19H,13-18,20-21H2,1H3,(H,34,35). The summed E-state index contributed by atoms with van der Waals surface area (Å²) in [5, 5.41) is 9.43. The number of aromatic carboxylic acids is 1. The van der Waals surface area contributed by atoms with Gasteiger partial charge >= 0.3 is 5.97 Å². The first-order chi connectivity index (χ1) is 18.1. The quantitative estimate of drug-likeness (QED) is 0.348. The monoisotopic (exact) mass is 500 g/mol. The minimum atomic E-state index is -0.938. The van der Waals surface area contributed by atoms with Gasteiger partial charge in [-0.1, -0.05) is 42.5 Å². The third-order valence-electron chi connectivity index (χ3n) is 6.77. The molecule has 4 aromatic rings. The number of imidazole rings is 1. The Hall–Kier alpha value is -3.88. The number of para-hydroxylation sites is 2. The van der Waals surface area contributed by atoms with Gasteiger partial charge in [-0.15, -0.1) is 0 Å². The van der Waals surface area contributed by atoms with Crippen LogP contribution < -0.4 is 9.64 Å². The van der Waals surface area contributed by atoms with Crippen molar-refractivity contribution in [3.05, 3.63) is 89.7 Å². The molecular weight excluding hydrogens is 468 g/mol. The van der Waals surface area contributed by atoms with Crippen LogP contribution in [0.4, 0.5) is 5.69 Å². The van der Waals surface area contributed by atoms with E-state index in [0.717, 1.165) is 60.0 Å². The molecule has 0 unspecified atom stereocenters. The highest BCUT2D eigenvalue weighted by Crippen LogP contribution is 2.30. The summed E-state index contributed by atoms with van der Waals surface area (Å²) in [5.41, 5.74) is 4.16. The fourth-order valence-corrected chi connectivity index (χ4v) is 4.78. The third kappa shape index (κ3) is 5.76. The highest BCUT2D eigenvalue weighted by atomic mass is 16.5. The minimum absolute atomic E-state index is 0.263. The van der Waals surface area contributed by atoms with Crippen LogP contribution in [0, 0.1) is 0 Å². The van der Waals surface area contributed by atoms with Gasteiger partial charge in [-0.25, -0.2) is 9.78 Å². The highest BCUT2D eigenvalue weighted by Gasteiger charge is 2.22. The summed E-state index contributed by atoms with van der Waals surface area (Å²) in [6.07, 6.45) is 0. The number of anilines is 1. The van der Waals surface area contributed by atoms with E-state index in [1.54, 1.807) is 25.3 Å². The van der Waals surface area contributed by atoms with E-state index in [-0.39, 0.29) is 5.56 Å². The lowest BCUT2D eigenvalue weighted by Gasteiger charge is -2.36. The number of methoxy groups -OCH3 is 1. The molecular formula is C29H32N4O4. The van der Waals surface area contributed by atoms with Crippen LogP contribution in [-0.4, -0.2) is 65.4 Å². The fraction of sp³-hybridized carbons (Fsp3) is 0.310. The van der Waals surface area contributed by atoms with Gasteiger partial charge in [0.25, 0.3) is 0 Å². The van der Waals surface area contributed by atoms with Gasteiger partial charge in [-0.05, 0) is 35.9 Å². The predicted octanol–water partition coefficient (Wildman–Crippen LogP) is 4.28.